The number of thioether (sulfide) groups is 1. The fourth-order valence-electron chi connectivity index (χ4n) is 2.07. The molecule has 0 aromatic heterocycles. The molecule has 2 aromatic carbocycles. The summed E-state index contributed by atoms with van der Waals surface area (Å²) >= 11 is 1.32. The fourth-order valence-corrected chi connectivity index (χ4v) is 2.91. The molecule has 1 amide bonds. The molecule has 4 nitrogen and oxygen atoms in total. The van der Waals surface area contributed by atoms with E-state index in [0.29, 0.717) is 5.56 Å². The van der Waals surface area contributed by atoms with Crippen molar-refractivity contribution in [3.05, 3.63) is 59.2 Å². The molecule has 0 saturated heterocycles. The highest BCUT2D eigenvalue weighted by Gasteiger charge is 2.13. The van der Waals surface area contributed by atoms with Crippen LogP contribution in [0.5, 0.6) is 0 Å². The normalized spacial score (nSPS) is 10.2. The maximum atomic E-state index is 12.2. The highest BCUT2D eigenvalue weighted by atomic mass is 32.2. The first-order valence-corrected chi connectivity index (χ1v) is 8.17. The summed E-state index contributed by atoms with van der Waals surface area (Å²) in [4.78, 5) is 24.6. The maximum absolute atomic E-state index is 12.2. The van der Waals surface area contributed by atoms with E-state index in [1.807, 2.05) is 44.2 Å². The Labute approximate surface area is 140 Å². The molecular weight excluding hydrogens is 310 g/mol. The van der Waals surface area contributed by atoms with Crippen molar-refractivity contribution < 1.29 is 14.3 Å². The standard InChI is InChI=1S/C18H19NO3S/c1-12-8-9-13(2)15(10-12)19-17(20)11-23-16-7-5-4-6-14(16)18(21)22-3/h4-10H,11H2,1-3H3,(H,19,20). The molecule has 0 spiro atoms. The Morgan fingerprint density at radius 1 is 1.13 bits per heavy atom. The second-order valence-corrected chi connectivity index (χ2v) is 6.16. The van der Waals surface area contributed by atoms with Crippen LogP contribution in [0.3, 0.4) is 0 Å². The number of hydrogen-bond donors (Lipinski definition) is 1. The molecule has 0 bridgehead atoms. The van der Waals surface area contributed by atoms with E-state index in [2.05, 4.69) is 5.32 Å². The minimum absolute atomic E-state index is 0.108. The Hall–Kier alpha value is -2.27. The lowest BCUT2D eigenvalue weighted by Crippen LogP contribution is -2.15. The van der Waals surface area contributed by atoms with E-state index in [-0.39, 0.29) is 11.7 Å². The number of ether oxygens (including phenoxy) is 1. The minimum atomic E-state index is -0.400. The van der Waals surface area contributed by atoms with Crippen molar-refractivity contribution in [2.45, 2.75) is 18.7 Å². The zero-order chi connectivity index (χ0) is 16.8. The summed E-state index contributed by atoms with van der Waals surface area (Å²) in [7, 11) is 1.34. The molecule has 120 valence electrons. The van der Waals surface area contributed by atoms with Gasteiger partial charge in [0.2, 0.25) is 5.91 Å². The number of amides is 1. The fraction of sp³-hybridized carbons (Fsp3) is 0.222. The van der Waals surface area contributed by atoms with Gasteiger partial charge in [0, 0.05) is 10.6 Å². The zero-order valence-corrected chi connectivity index (χ0v) is 14.2. The summed E-state index contributed by atoms with van der Waals surface area (Å²) in [5, 5.41) is 2.91. The Bertz CT molecular complexity index is 728. The summed E-state index contributed by atoms with van der Waals surface area (Å²) in [6.45, 7) is 3.94. The first-order chi connectivity index (χ1) is 11.0. The third-order valence-corrected chi connectivity index (χ3v) is 4.39. The Morgan fingerprint density at radius 3 is 2.61 bits per heavy atom. The lowest BCUT2D eigenvalue weighted by Gasteiger charge is -2.10. The predicted molar refractivity (Wildman–Crippen MR) is 93.1 cm³/mol. The molecule has 0 saturated carbocycles. The van der Waals surface area contributed by atoms with Gasteiger partial charge in [-0.1, -0.05) is 24.3 Å². The largest absolute Gasteiger partial charge is 0.465 e. The van der Waals surface area contributed by atoms with Crippen LogP contribution in [0.15, 0.2) is 47.4 Å². The van der Waals surface area contributed by atoms with Crippen LogP contribution in [0.25, 0.3) is 0 Å². The zero-order valence-electron chi connectivity index (χ0n) is 13.4. The summed E-state index contributed by atoms with van der Waals surface area (Å²) < 4.78 is 4.76. The van der Waals surface area contributed by atoms with E-state index in [4.69, 9.17) is 4.74 Å². The highest BCUT2D eigenvalue weighted by molar-refractivity contribution is 8.00. The minimum Gasteiger partial charge on any atom is -0.465 e. The number of carbonyl (C=O) groups excluding carboxylic acids is 2. The molecule has 0 fully saturated rings. The van der Waals surface area contributed by atoms with Crippen LogP contribution < -0.4 is 5.32 Å². The average molecular weight is 329 g/mol. The molecule has 0 aliphatic rings. The van der Waals surface area contributed by atoms with Crippen molar-refractivity contribution in [1.29, 1.82) is 0 Å². The summed E-state index contributed by atoms with van der Waals surface area (Å²) in [5.74, 6) is -0.284. The number of aryl methyl sites for hydroxylation is 2. The summed E-state index contributed by atoms with van der Waals surface area (Å²) in [6.07, 6.45) is 0. The molecule has 0 unspecified atom stereocenters. The molecular formula is C18H19NO3S. The smallest absolute Gasteiger partial charge is 0.338 e. The molecule has 2 aromatic rings. The van der Waals surface area contributed by atoms with E-state index < -0.39 is 5.97 Å². The van der Waals surface area contributed by atoms with Crippen molar-refractivity contribution in [2.24, 2.45) is 0 Å². The molecule has 0 aliphatic carbocycles. The molecule has 0 atom stereocenters. The first-order valence-electron chi connectivity index (χ1n) is 7.18. The molecule has 23 heavy (non-hydrogen) atoms. The van der Waals surface area contributed by atoms with Gasteiger partial charge >= 0.3 is 5.97 Å². The van der Waals surface area contributed by atoms with Gasteiger partial charge in [0.05, 0.1) is 18.4 Å². The van der Waals surface area contributed by atoms with E-state index in [0.717, 1.165) is 21.7 Å². The Kier molecular flexibility index (Phi) is 5.82. The van der Waals surface area contributed by atoms with Crippen LogP contribution in [0.1, 0.15) is 21.5 Å². The number of anilines is 1. The van der Waals surface area contributed by atoms with Gasteiger partial charge in [0.25, 0.3) is 0 Å². The monoisotopic (exact) mass is 329 g/mol. The summed E-state index contributed by atoms with van der Waals surface area (Å²) in [6, 6.07) is 13.0. The topological polar surface area (TPSA) is 55.4 Å². The number of rotatable bonds is 5. The van der Waals surface area contributed by atoms with E-state index in [1.165, 1.54) is 18.9 Å². The van der Waals surface area contributed by atoms with Gasteiger partial charge in [-0.25, -0.2) is 4.79 Å². The van der Waals surface area contributed by atoms with Gasteiger partial charge in [-0.15, -0.1) is 11.8 Å². The molecule has 2 rings (SSSR count). The quantitative estimate of drug-likeness (QED) is 0.669. The van der Waals surface area contributed by atoms with Gasteiger partial charge in [-0.05, 0) is 43.2 Å². The maximum Gasteiger partial charge on any atom is 0.338 e. The van der Waals surface area contributed by atoms with Gasteiger partial charge in [-0.3, -0.25) is 4.79 Å². The molecule has 0 heterocycles. The number of esters is 1. The van der Waals surface area contributed by atoms with Crippen LogP contribution in [-0.2, 0) is 9.53 Å². The molecule has 5 heteroatoms. The van der Waals surface area contributed by atoms with Crippen molar-refractivity contribution in [3.8, 4) is 0 Å². The van der Waals surface area contributed by atoms with Gasteiger partial charge < -0.3 is 10.1 Å². The predicted octanol–water partition coefficient (Wildman–Crippen LogP) is 3.82. The average Bonchev–Trinajstić information content (AvgIpc) is 2.56. The molecule has 1 N–H and O–H groups in total. The van der Waals surface area contributed by atoms with Crippen molar-refractivity contribution in [1.82, 2.24) is 0 Å². The van der Waals surface area contributed by atoms with Crippen molar-refractivity contribution in [3.63, 3.8) is 0 Å². The van der Waals surface area contributed by atoms with Gasteiger partial charge in [-0.2, -0.15) is 0 Å². The summed E-state index contributed by atoms with van der Waals surface area (Å²) in [5.41, 5.74) is 3.40. The van der Waals surface area contributed by atoms with Crippen LogP contribution >= 0.6 is 11.8 Å². The van der Waals surface area contributed by atoms with E-state index >= 15 is 0 Å². The number of methoxy groups -OCH3 is 1. The number of carbonyl (C=O) groups is 2. The van der Waals surface area contributed by atoms with Crippen molar-refractivity contribution in [2.75, 3.05) is 18.2 Å². The number of benzene rings is 2. The Balaban J connectivity index is 2.02. The Morgan fingerprint density at radius 2 is 1.87 bits per heavy atom. The third-order valence-electron chi connectivity index (χ3n) is 3.32. The number of hydrogen-bond acceptors (Lipinski definition) is 4. The lowest BCUT2D eigenvalue weighted by atomic mass is 10.1. The lowest BCUT2D eigenvalue weighted by molar-refractivity contribution is -0.113. The second kappa shape index (κ2) is 7.83. The van der Waals surface area contributed by atoms with Crippen LogP contribution in [0, 0.1) is 13.8 Å². The van der Waals surface area contributed by atoms with Crippen molar-refractivity contribution >= 4 is 29.3 Å². The van der Waals surface area contributed by atoms with Crippen LogP contribution in [0.2, 0.25) is 0 Å². The molecule has 0 aliphatic heterocycles. The van der Waals surface area contributed by atoms with E-state index in [1.54, 1.807) is 12.1 Å². The SMILES string of the molecule is COC(=O)c1ccccc1SCC(=O)Nc1cc(C)ccc1C. The first kappa shape index (κ1) is 17.1. The van der Waals surface area contributed by atoms with E-state index in [9.17, 15) is 9.59 Å². The second-order valence-electron chi connectivity index (χ2n) is 5.14. The highest BCUT2D eigenvalue weighted by Crippen LogP contribution is 2.24. The van der Waals surface area contributed by atoms with Crippen LogP contribution in [0.4, 0.5) is 5.69 Å². The van der Waals surface area contributed by atoms with Gasteiger partial charge in [0.15, 0.2) is 0 Å². The third kappa shape index (κ3) is 4.60. The number of nitrogens with one attached hydrogen (secondary N) is 1. The van der Waals surface area contributed by atoms with Crippen LogP contribution in [-0.4, -0.2) is 24.7 Å². The van der Waals surface area contributed by atoms with Gasteiger partial charge in [0.1, 0.15) is 0 Å². The molecule has 0 radical (unpaired) electrons.